The number of pyridine rings is 1. The van der Waals surface area contributed by atoms with Gasteiger partial charge in [0.1, 0.15) is 17.0 Å². The Hall–Kier alpha value is -6.10. The SMILES string of the molecule is CC(C)(C)c1cc(Oc2[c-]c3c(cc2)c2ccccc2n3-c2cc3oc4ccccc4c3cn2)[c-]c(N2[CH-]N(c3ccccc3)C=C2c2ccccc2)c1.[Pt]. The van der Waals surface area contributed by atoms with Gasteiger partial charge in [-0.25, -0.2) is 4.98 Å². The van der Waals surface area contributed by atoms with E-state index in [1.807, 2.05) is 48.7 Å². The summed E-state index contributed by atoms with van der Waals surface area (Å²) in [6.07, 6.45) is 4.07. The van der Waals surface area contributed by atoms with Crippen LogP contribution in [0.4, 0.5) is 11.4 Å². The van der Waals surface area contributed by atoms with E-state index in [-0.39, 0.29) is 26.5 Å². The average Bonchev–Trinajstić information content (AvgIpc) is 3.90. The van der Waals surface area contributed by atoms with Crippen LogP contribution < -0.4 is 14.5 Å². The standard InChI is InChI=1S/C48H35N4O2.Pt/c1-48(2,3)33-24-35(51-31-50(34-16-8-5-9-17-34)30-44(51)32-14-6-4-7-15-32)26-37(25-33)53-36-22-23-39-38-18-10-12-20-42(38)52(43(39)27-36)47-28-46-41(29-49-47)40-19-11-13-21-45(40)54-46;/h4-25,28-31H,1-3H3;/q-3;. The van der Waals surface area contributed by atoms with E-state index in [0.717, 1.165) is 77.8 Å². The van der Waals surface area contributed by atoms with Gasteiger partial charge in [-0.05, 0) is 46.8 Å². The molecule has 272 valence electrons. The van der Waals surface area contributed by atoms with Gasteiger partial charge in [0, 0.05) is 72.5 Å². The van der Waals surface area contributed by atoms with E-state index in [0.29, 0.717) is 11.5 Å². The molecule has 3 aromatic heterocycles. The number of anilines is 2. The Bertz CT molecular complexity index is 2890. The monoisotopic (exact) mass is 894 g/mol. The molecular formula is C48H35N4O2Pt-3. The topological polar surface area (TPSA) is 46.7 Å². The molecule has 4 heterocycles. The van der Waals surface area contributed by atoms with Crippen molar-refractivity contribution in [2.24, 2.45) is 0 Å². The fourth-order valence-electron chi connectivity index (χ4n) is 7.34. The first kappa shape index (κ1) is 34.7. The van der Waals surface area contributed by atoms with Crippen molar-refractivity contribution in [3.05, 3.63) is 182 Å². The second-order valence-electron chi connectivity index (χ2n) is 14.7. The van der Waals surface area contributed by atoms with E-state index in [4.69, 9.17) is 14.1 Å². The second-order valence-corrected chi connectivity index (χ2v) is 14.7. The molecule has 0 amide bonds. The van der Waals surface area contributed by atoms with Crippen LogP contribution in [-0.4, -0.2) is 9.55 Å². The van der Waals surface area contributed by atoms with Gasteiger partial charge in [-0.3, -0.25) is 0 Å². The molecule has 0 saturated carbocycles. The van der Waals surface area contributed by atoms with Gasteiger partial charge in [0.15, 0.2) is 0 Å². The zero-order valence-electron chi connectivity index (χ0n) is 30.4. The minimum atomic E-state index is -0.154. The molecule has 0 N–H and O–H groups in total. The maximum atomic E-state index is 6.73. The molecule has 0 atom stereocenters. The fraction of sp³-hybridized carbons (Fsp3) is 0.0833. The Balaban J connectivity index is 0.00000397. The number of hydrogen-bond donors (Lipinski definition) is 0. The number of nitrogens with zero attached hydrogens (tertiary/aromatic N) is 4. The Morgan fingerprint density at radius 1 is 0.673 bits per heavy atom. The Labute approximate surface area is 334 Å². The van der Waals surface area contributed by atoms with Crippen molar-refractivity contribution in [3.63, 3.8) is 0 Å². The third-order valence-electron chi connectivity index (χ3n) is 10.1. The van der Waals surface area contributed by atoms with E-state index in [2.05, 4.69) is 157 Å². The minimum Gasteiger partial charge on any atom is -0.509 e. The van der Waals surface area contributed by atoms with Crippen molar-refractivity contribution in [1.82, 2.24) is 9.55 Å². The van der Waals surface area contributed by atoms with Crippen molar-refractivity contribution in [2.75, 3.05) is 9.80 Å². The summed E-state index contributed by atoms with van der Waals surface area (Å²) in [5.74, 6) is 1.94. The summed E-state index contributed by atoms with van der Waals surface area (Å²) >= 11 is 0. The molecule has 0 unspecified atom stereocenters. The molecule has 9 aromatic rings. The van der Waals surface area contributed by atoms with Gasteiger partial charge in [-0.2, -0.15) is 6.07 Å². The summed E-state index contributed by atoms with van der Waals surface area (Å²) in [7, 11) is 0. The van der Waals surface area contributed by atoms with Gasteiger partial charge in [0.05, 0.1) is 0 Å². The summed E-state index contributed by atoms with van der Waals surface area (Å²) in [6.45, 7) is 8.77. The Kier molecular flexibility index (Phi) is 8.59. The van der Waals surface area contributed by atoms with Gasteiger partial charge in [0.25, 0.3) is 0 Å². The van der Waals surface area contributed by atoms with Crippen molar-refractivity contribution < 1.29 is 30.2 Å². The summed E-state index contributed by atoms with van der Waals surface area (Å²) in [5, 5.41) is 4.21. The van der Waals surface area contributed by atoms with Crippen LogP contribution in [0.1, 0.15) is 31.9 Å². The Morgan fingerprint density at radius 3 is 2.20 bits per heavy atom. The molecule has 10 rings (SSSR count). The number of hydrogen-bond acceptors (Lipinski definition) is 5. The first-order chi connectivity index (χ1) is 26.4. The van der Waals surface area contributed by atoms with Gasteiger partial charge in [-0.15, -0.1) is 53.6 Å². The van der Waals surface area contributed by atoms with Crippen molar-refractivity contribution in [1.29, 1.82) is 0 Å². The van der Waals surface area contributed by atoms with Gasteiger partial charge < -0.3 is 23.5 Å². The second kappa shape index (κ2) is 13.6. The smallest absolute Gasteiger partial charge is 0.140 e. The molecule has 0 saturated heterocycles. The van der Waals surface area contributed by atoms with Crippen LogP contribution in [0.5, 0.6) is 11.5 Å². The average molecular weight is 895 g/mol. The maximum absolute atomic E-state index is 6.73. The zero-order chi connectivity index (χ0) is 36.4. The number of furan rings is 1. The van der Waals surface area contributed by atoms with E-state index in [1.165, 1.54) is 0 Å². The molecule has 0 radical (unpaired) electrons. The molecule has 55 heavy (non-hydrogen) atoms. The molecule has 0 spiro atoms. The minimum absolute atomic E-state index is 0. The molecule has 0 aliphatic carbocycles. The quantitative estimate of drug-likeness (QED) is 0.156. The molecule has 0 bridgehead atoms. The first-order valence-corrected chi connectivity index (χ1v) is 18.1. The zero-order valence-corrected chi connectivity index (χ0v) is 32.7. The number of para-hydroxylation sites is 3. The third-order valence-corrected chi connectivity index (χ3v) is 10.1. The van der Waals surface area contributed by atoms with Crippen LogP contribution in [0.25, 0.3) is 55.3 Å². The predicted molar refractivity (Wildman–Crippen MR) is 219 cm³/mol. The normalized spacial score (nSPS) is 13.2. The van der Waals surface area contributed by atoms with Crippen molar-refractivity contribution >= 4 is 60.8 Å². The Morgan fingerprint density at radius 2 is 1.40 bits per heavy atom. The molecule has 6 nitrogen and oxygen atoms in total. The van der Waals surface area contributed by atoms with Crippen LogP contribution in [0.2, 0.25) is 0 Å². The molecule has 6 aromatic carbocycles. The molecule has 0 fully saturated rings. The predicted octanol–water partition coefficient (Wildman–Crippen LogP) is 12.2. The number of benzene rings is 6. The number of aromatic nitrogens is 2. The molecule has 1 aliphatic rings. The fourth-order valence-corrected chi connectivity index (χ4v) is 7.34. The molecular weight excluding hydrogens is 860 g/mol. The third kappa shape index (κ3) is 6.17. The van der Waals surface area contributed by atoms with E-state index in [1.54, 1.807) is 0 Å². The summed E-state index contributed by atoms with van der Waals surface area (Å²) in [6, 6.07) is 54.9. The largest absolute Gasteiger partial charge is 0.509 e. The van der Waals surface area contributed by atoms with Crippen LogP contribution in [0.15, 0.2) is 156 Å². The number of rotatable bonds is 6. The van der Waals surface area contributed by atoms with Crippen molar-refractivity contribution in [2.45, 2.75) is 26.2 Å². The van der Waals surface area contributed by atoms with Gasteiger partial charge >= 0.3 is 0 Å². The van der Waals surface area contributed by atoms with Gasteiger partial charge in [-0.1, -0.05) is 111 Å². The first-order valence-electron chi connectivity index (χ1n) is 18.1. The molecule has 1 aliphatic heterocycles. The van der Waals surface area contributed by atoms with Crippen LogP contribution in [-0.2, 0) is 26.5 Å². The van der Waals surface area contributed by atoms with E-state index in [9.17, 15) is 0 Å². The van der Waals surface area contributed by atoms with Crippen molar-refractivity contribution in [3.8, 4) is 17.3 Å². The maximum Gasteiger partial charge on any atom is 0.140 e. The summed E-state index contributed by atoms with van der Waals surface area (Å²) in [5.41, 5.74) is 8.59. The molecule has 7 heteroatoms. The van der Waals surface area contributed by atoms with Crippen LogP contribution in [0.3, 0.4) is 0 Å². The van der Waals surface area contributed by atoms with E-state index < -0.39 is 0 Å². The summed E-state index contributed by atoms with van der Waals surface area (Å²) in [4.78, 5) is 9.30. The number of fused-ring (bicyclic) bond motifs is 6. The number of ether oxygens (including phenoxy) is 1. The van der Waals surface area contributed by atoms with E-state index >= 15 is 0 Å². The van der Waals surface area contributed by atoms with Gasteiger partial charge in [0.2, 0.25) is 0 Å². The van der Waals surface area contributed by atoms with Crippen LogP contribution in [0, 0.1) is 18.8 Å². The summed E-state index contributed by atoms with van der Waals surface area (Å²) < 4.78 is 15.1. The van der Waals surface area contributed by atoms with Crippen LogP contribution >= 0.6 is 0 Å².